The summed E-state index contributed by atoms with van der Waals surface area (Å²) in [7, 11) is 0. The zero-order chi connectivity index (χ0) is 25.2. The van der Waals surface area contributed by atoms with Crippen LogP contribution in [0.2, 0.25) is 0 Å². The highest BCUT2D eigenvalue weighted by molar-refractivity contribution is 5.95. The number of benzene rings is 1. The van der Waals surface area contributed by atoms with E-state index in [2.05, 4.69) is 15.3 Å². The second kappa shape index (κ2) is 9.77. The fraction of sp³-hybridized carbons (Fsp3) is 0.240. The van der Waals surface area contributed by atoms with Crippen LogP contribution in [0.1, 0.15) is 33.0 Å². The van der Waals surface area contributed by atoms with Gasteiger partial charge in [0, 0.05) is 12.4 Å². The Labute approximate surface area is 199 Å². The van der Waals surface area contributed by atoms with Gasteiger partial charge < -0.3 is 20.3 Å². The fourth-order valence-corrected chi connectivity index (χ4v) is 3.79. The molecule has 0 unspecified atom stereocenters. The molecular formula is C25H24F2N4O4. The number of aliphatic hydroxyl groups excluding tert-OH is 2. The van der Waals surface area contributed by atoms with E-state index in [0.717, 1.165) is 17.7 Å². The molecule has 0 aliphatic rings. The van der Waals surface area contributed by atoms with Gasteiger partial charge in [-0.15, -0.1) is 0 Å². The topological polar surface area (TPSA) is 109 Å². The number of aryl methyl sites for hydroxylation is 2. The van der Waals surface area contributed by atoms with Gasteiger partial charge in [0.05, 0.1) is 30.2 Å². The van der Waals surface area contributed by atoms with Crippen molar-refractivity contribution >= 4 is 11.6 Å². The minimum absolute atomic E-state index is 0.140. The van der Waals surface area contributed by atoms with Crippen molar-refractivity contribution in [2.75, 3.05) is 13.2 Å². The van der Waals surface area contributed by atoms with E-state index in [1.165, 1.54) is 16.7 Å². The molecule has 1 aromatic carbocycles. The molecule has 10 heteroatoms. The maximum absolute atomic E-state index is 14.0. The Bertz CT molecular complexity index is 1370. The van der Waals surface area contributed by atoms with Crippen molar-refractivity contribution in [2.45, 2.75) is 26.0 Å². The lowest BCUT2D eigenvalue weighted by Crippen LogP contribution is -2.52. The molecule has 3 aromatic heterocycles. The van der Waals surface area contributed by atoms with Gasteiger partial charge in [0.1, 0.15) is 29.5 Å². The van der Waals surface area contributed by atoms with Gasteiger partial charge in [0.25, 0.3) is 5.91 Å². The van der Waals surface area contributed by atoms with Crippen molar-refractivity contribution in [1.29, 1.82) is 0 Å². The zero-order valence-corrected chi connectivity index (χ0v) is 19.1. The predicted molar refractivity (Wildman–Crippen MR) is 123 cm³/mol. The zero-order valence-electron chi connectivity index (χ0n) is 19.1. The summed E-state index contributed by atoms with van der Waals surface area (Å²) in [6.07, 6.45) is 3.11. The first-order valence-electron chi connectivity index (χ1n) is 10.8. The minimum atomic E-state index is -1.53. The minimum Gasteiger partial charge on any atom is -0.485 e. The molecule has 1 amide bonds. The number of pyridine rings is 2. The monoisotopic (exact) mass is 482 g/mol. The van der Waals surface area contributed by atoms with Crippen LogP contribution in [0.25, 0.3) is 5.65 Å². The molecule has 3 N–H and O–H groups in total. The Morgan fingerprint density at radius 3 is 2.49 bits per heavy atom. The quantitative estimate of drug-likeness (QED) is 0.356. The first-order chi connectivity index (χ1) is 16.8. The SMILES string of the molecule is Cc1ccnc(C(CO)(CO)NC(=O)c2c(C)nc3c(OCc4c(F)cccc4F)cccn23)c1. The summed E-state index contributed by atoms with van der Waals surface area (Å²) in [6.45, 7) is 1.89. The molecule has 4 aromatic rings. The Morgan fingerprint density at radius 1 is 1.11 bits per heavy atom. The first kappa shape index (κ1) is 24.2. The van der Waals surface area contributed by atoms with Crippen molar-refractivity contribution in [1.82, 2.24) is 19.7 Å². The third-order valence-electron chi connectivity index (χ3n) is 5.74. The molecule has 0 saturated carbocycles. The summed E-state index contributed by atoms with van der Waals surface area (Å²) in [5, 5.41) is 22.9. The summed E-state index contributed by atoms with van der Waals surface area (Å²) in [5.41, 5.74) is 0.138. The molecule has 0 aliphatic heterocycles. The second-order valence-electron chi connectivity index (χ2n) is 8.17. The van der Waals surface area contributed by atoms with Gasteiger partial charge in [0.2, 0.25) is 0 Å². The smallest absolute Gasteiger partial charge is 0.271 e. The summed E-state index contributed by atoms with van der Waals surface area (Å²) < 4.78 is 35.1. The number of nitrogens with zero attached hydrogens (tertiary/aromatic N) is 3. The summed E-state index contributed by atoms with van der Waals surface area (Å²) in [6, 6.07) is 10.2. The maximum Gasteiger partial charge on any atom is 0.271 e. The molecule has 8 nitrogen and oxygen atoms in total. The number of fused-ring (bicyclic) bond motifs is 1. The van der Waals surface area contributed by atoms with E-state index in [1.807, 2.05) is 6.92 Å². The summed E-state index contributed by atoms with van der Waals surface area (Å²) in [4.78, 5) is 22.0. The van der Waals surface area contributed by atoms with Gasteiger partial charge >= 0.3 is 0 Å². The lowest BCUT2D eigenvalue weighted by molar-refractivity contribution is 0.0637. The maximum atomic E-state index is 14.0. The van der Waals surface area contributed by atoms with Crippen molar-refractivity contribution in [2.24, 2.45) is 0 Å². The third-order valence-corrected chi connectivity index (χ3v) is 5.74. The molecule has 0 fully saturated rings. The van der Waals surface area contributed by atoms with Gasteiger partial charge in [-0.1, -0.05) is 6.07 Å². The molecule has 0 radical (unpaired) electrons. The van der Waals surface area contributed by atoms with Gasteiger partial charge in [0.15, 0.2) is 11.4 Å². The van der Waals surface area contributed by atoms with Gasteiger partial charge in [-0.25, -0.2) is 13.8 Å². The van der Waals surface area contributed by atoms with Crippen LogP contribution in [-0.2, 0) is 12.1 Å². The number of carbonyl (C=O) groups is 1. The predicted octanol–water partition coefficient (Wildman–Crippen LogP) is 2.81. The van der Waals surface area contributed by atoms with Crippen LogP contribution in [0.15, 0.2) is 54.9 Å². The average Bonchev–Trinajstić information content (AvgIpc) is 3.19. The number of imidazole rings is 1. The standard InChI is InChI=1S/C25H24F2N4O4/c1-15-8-9-28-21(11-15)25(13-32,14-33)30-24(34)22-16(2)29-23-20(7-4-10-31(22)23)35-12-17-18(26)5-3-6-19(17)27/h3-11,32-33H,12-14H2,1-2H3,(H,30,34). The van der Waals surface area contributed by atoms with E-state index in [9.17, 15) is 23.8 Å². The number of halogens is 2. The van der Waals surface area contributed by atoms with E-state index in [1.54, 1.807) is 37.4 Å². The largest absolute Gasteiger partial charge is 0.485 e. The molecule has 182 valence electrons. The number of hydrogen-bond donors (Lipinski definition) is 3. The third kappa shape index (κ3) is 4.58. The Hall–Kier alpha value is -3.89. The highest BCUT2D eigenvalue weighted by Gasteiger charge is 2.36. The number of aromatic nitrogens is 3. The highest BCUT2D eigenvalue weighted by Crippen LogP contribution is 2.26. The van der Waals surface area contributed by atoms with Crippen molar-refractivity contribution in [3.63, 3.8) is 0 Å². The first-order valence-corrected chi connectivity index (χ1v) is 10.8. The average molecular weight is 482 g/mol. The number of amides is 1. The molecule has 0 spiro atoms. The van der Waals surface area contributed by atoms with Gasteiger partial charge in [-0.3, -0.25) is 14.2 Å². The van der Waals surface area contributed by atoms with Crippen LogP contribution in [0, 0.1) is 25.5 Å². The highest BCUT2D eigenvalue weighted by atomic mass is 19.1. The van der Waals surface area contributed by atoms with E-state index in [-0.39, 0.29) is 29.3 Å². The lowest BCUT2D eigenvalue weighted by Gasteiger charge is -2.30. The molecule has 4 rings (SSSR count). The Morgan fingerprint density at radius 2 is 1.83 bits per heavy atom. The number of hydrogen-bond acceptors (Lipinski definition) is 6. The van der Waals surface area contributed by atoms with Crippen LogP contribution in [0.4, 0.5) is 8.78 Å². The van der Waals surface area contributed by atoms with Crippen molar-refractivity contribution < 1.29 is 28.5 Å². The van der Waals surface area contributed by atoms with Crippen LogP contribution in [-0.4, -0.2) is 43.7 Å². The number of nitrogens with one attached hydrogen (secondary N) is 1. The Kier molecular flexibility index (Phi) is 6.77. The number of aliphatic hydroxyl groups is 2. The Balaban J connectivity index is 1.67. The summed E-state index contributed by atoms with van der Waals surface area (Å²) >= 11 is 0. The molecule has 0 atom stereocenters. The van der Waals surface area contributed by atoms with Crippen LogP contribution in [0.5, 0.6) is 5.75 Å². The molecule has 3 heterocycles. The van der Waals surface area contributed by atoms with Gasteiger partial charge in [-0.05, 0) is 55.8 Å². The van der Waals surface area contributed by atoms with E-state index < -0.39 is 36.3 Å². The number of carbonyl (C=O) groups excluding carboxylic acids is 1. The van der Waals surface area contributed by atoms with Crippen LogP contribution in [0.3, 0.4) is 0 Å². The molecule has 35 heavy (non-hydrogen) atoms. The van der Waals surface area contributed by atoms with Crippen LogP contribution < -0.4 is 10.1 Å². The fourth-order valence-electron chi connectivity index (χ4n) is 3.79. The lowest BCUT2D eigenvalue weighted by atomic mass is 9.95. The molecular weight excluding hydrogens is 458 g/mol. The van der Waals surface area contributed by atoms with E-state index in [0.29, 0.717) is 11.4 Å². The van der Waals surface area contributed by atoms with E-state index in [4.69, 9.17) is 4.74 Å². The number of rotatable bonds is 8. The van der Waals surface area contributed by atoms with Crippen LogP contribution >= 0.6 is 0 Å². The van der Waals surface area contributed by atoms with Crippen molar-refractivity contribution in [3.05, 3.63) is 94.7 Å². The molecule has 0 aliphatic carbocycles. The number of ether oxygens (including phenoxy) is 1. The normalized spacial score (nSPS) is 11.6. The molecule has 0 bridgehead atoms. The van der Waals surface area contributed by atoms with Crippen molar-refractivity contribution in [3.8, 4) is 5.75 Å². The second-order valence-corrected chi connectivity index (χ2v) is 8.17. The van der Waals surface area contributed by atoms with E-state index >= 15 is 0 Å². The molecule has 0 saturated heterocycles. The van der Waals surface area contributed by atoms with Gasteiger partial charge in [-0.2, -0.15) is 0 Å². The summed E-state index contributed by atoms with van der Waals surface area (Å²) in [5.74, 6) is -1.86.